The number of amides is 1. The molecule has 5 nitrogen and oxygen atoms in total. The molecule has 2 aromatic rings. The molecule has 0 saturated carbocycles. The van der Waals surface area contributed by atoms with Gasteiger partial charge in [-0.3, -0.25) is 4.98 Å². The fourth-order valence-electron chi connectivity index (χ4n) is 3.93. The van der Waals surface area contributed by atoms with E-state index in [0.717, 1.165) is 12.1 Å². The molecule has 0 unspecified atom stereocenters. The van der Waals surface area contributed by atoms with Crippen LogP contribution in [0.3, 0.4) is 0 Å². The summed E-state index contributed by atoms with van der Waals surface area (Å²) < 4.78 is 32.4. The van der Waals surface area contributed by atoms with Gasteiger partial charge in [0.25, 0.3) is 6.43 Å². The Morgan fingerprint density at radius 1 is 1.36 bits per heavy atom. The van der Waals surface area contributed by atoms with E-state index in [1.54, 1.807) is 39.0 Å². The summed E-state index contributed by atoms with van der Waals surface area (Å²) in [5.74, 6) is 0.283. The van der Waals surface area contributed by atoms with Gasteiger partial charge in [-0.25, -0.2) is 13.6 Å². The van der Waals surface area contributed by atoms with Crippen LogP contribution in [0.25, 0.3) is 10.9 Å². The van der Waals surface area contributed by atoms with Crippen LogP contribution < -0.4 is 10.6 Å². The third-order valence-corrected chi connectivity index (χ3v) is 4.91. The van der Waals surface area contributed by atoms with Crippen LogP contribution in [0.15, 0.2) is 30.5 Å². The molecule has 0 bridgehead atoms. The van der Waals surface area contributed by atoms with E-state index in [0.29, 0.717) is 18.4 Å². The number of alkyl carbamates (subject to hydrolysis) is 1. The Morgan fingerprint density at radius 2 is 2.11 bits per heavy atom. The molecule has 3 rings (SSSR count). The first kappa shape index (κ1) is 20.5. The summed E-state index contributed by atoms with van der Waals surface area (Å²) in [7, 11) is 0. The molecule has 2 heterocycles. The summed E-state index contributed by atoms with van der Waals surface area (Å²) in [5.41, 5.74) is -0.489. The number of carbonyl (C=O) groups is 1. The number of piperidine rings is 1. The third kappa shape index (κ3) is 4.24. The van der Waals surface area contributed by atoms with Gasteiger partial charge in [0.2, 0.25) is 0 Å². The first-order valence-electron chi connectivity index (χ1n) is 9.49. The first-order chi connectivity index (χ1) is 13.1. The van der Waals surface area contributed by atoms with Crippen LogP contribution in [0.2, 0.25) is 0 Å². The molecule has 1 aromatic carbocycles. The van der Waals surface area contributed by atoms with Crippen LogP contribution in [-0.2, 0) is 10.3 Å². The lowest BCUT2D eigenvalue weighted by molar-refractivity contribution is 0.0415. The smallest absolute Gasteiger partial charge is 0.408 e. The van der Waals surface area contributed by atoms with E-state index < -0.39 is 23.7 Å². The largest absolute Gasteiger partial charge is 0.444 e. The zero-order chi connectivity index (χ0) is 20.5. The third-order valence-electron chi connectivity index (χ3n) is 4.91. The molecule has 0 radical (unpaired) electrons. The highest BCUT2D eigenvalue weighted by Crippen LogP contribution is 2.38. The maximum atomic E-state index is 13.5. The lowest BCUT2D eigenvalue weighted by Gasteiger charge is -2.42. The zero-order valence-electron chi connectivity index (χ0n) is 16.7. The van der Waals surface area contributed by atoms with E-state index in [-0.39, 0.29) is 17.0 Å². The Bertz CT molecular complexity index is 866. The van der Waals surface area contributed by atoms with Gasteiger partial charge in [0.05, 0.1) is 11.1 Å². The number of nitrogens with one attached hydrogen (secondary N) is 2. The molecule has 7 heteroatoms. The van der Waals surface area contributed by atoms with Crippen molar-refractivity contribution in [2.45, 2.75) is 51.7 Å². The number of carbonyl (C=O) groups excluding carboxylic acids is 1. The van der Waals surface area contributed by atoms with Crippen LogP contribution in [0.5, 0.6) is 0 Å². The number of pyridine rings is 1. The molecule has 1 aromatic heterocycles. The van der Waals surface area contributed by atoms with Gasteiger partial charge in [0, 0.05) is 23.7 Å². The number of halogens is 2. The number of alkyl halides is 2. The monoisotopic (exact) mass is 391 g/mol. The van der Waals surface area contributed by atoms with Crippen molar-refractivity contribution in [2.24, 2.45) is 5.92 Å². The molecular formula is C21H27F2N3O2. The second kappa shape index (κ2) is 7.62. The molecule has 1 fully saturated rings. The highest BCUT2D eigenvalue weighted by molar-refractivity contribution is 5.87. The maximum Gasteiger partial charge on any atom is 0.408 e. The average Bonchev–Trinajstić information content (AvgIpc) is 2.58. The van der Waals surface area contributed by atoms with Gasteiger partial charge in [-0.05, 0) is 51.3 Å². The van der Waals surface area contributed by atoms with E-state index in [1.165, 1.54) is 12.3 Å². The molecule has 28 heavy (non-hydrogen) atoms. The summed E-state index contributed by atoms with van der Waals surface area (Å²) in [5, 5.41) is 7.01. The van der Waals surface area contributed by atoms with Crippen molar-refractivity contribution in [3.63, 3.8) is 0 Å². The highest BCUT2D eigenvalue weighted by atomic mass is 19.3. The summed E-state index contributed by atoms with van der Waals surface area (Å²) in [6, 6.07) is 6.60. The molecule has 0 spiro atoms. The summed E-state index contributed by atoms with van der Waals surface area (Å²) in [4.78, 5) is 16.8. The standard InChI is InChI=1S/C21H27F2N3O2/c1-13-10-21(12-24-11-13,26-19(27)28-20(2,3)4)16-8-7-15(18(22)23)17-14(16)6-5-9-25-17/h5-9,13,18,24H,10-12H2,1-4H3,(H,26,27)/t13-,21-/m0/s1. The van der Waals surface area contributed by atoms with Gasteiger partial charge < -0.3 is 15.4 Å². The van der Waals surface area contributed by atoms with Crippen molar-refractivity contribution < 1.29 is 18.3 Å². The van der Waals surface area contributed by atoms with Crippen molar-refractivity contribution in [2.75, 3.05) is 13.1 Å². The molecule has 1 amide bonds. The van der Waals surface area contributed by atoms with Crippen LogP contribution in [0, 0.1) is 5.92 Å². The minimum Gasteiger partial charge on any atom is -0.444 e. The molecule has 2 atom stereocenters. The molecule has 2 N–H and O–H groups in total. The van der Waals surface area contributed by atoms with Crippen molar-refractivity contribution in [1.82, 2.24) is 15.6 Å². The zero-order valence-corrected chi connectivity index (χ0v) is 16.7. The lowest BCUT2D eigenvalue weighted by atomic mass is 9.77. The Labute approximate surface area is 163 Å². The number of ether oxygens (including phenoxy) is 1. The van der Waals surface area contributed by atoms with Gasteiger partial charge in [0.15, 0.2) is 0 Å². The fourth-order valence-corrected chi connectivity index (χ4v) is 3.93. The summed E-state index contributed by atoms with van der Waals surface area (Å²) in [6.07, 6.45) is -0.978. The van der Waals surface area contributed by atoms with Gasteiger partial charge in [-0.15, -0.1) is 0 Å². The van der Waals surface area contributed by atoms with E-state index in [4.69, 9.17) is 4.74 Å². The SMILES string of the molecule is C[C@@H]1CNC[C@](NC(=O)OC(C)(C)C)(c2ccc(C(F)F)c3ncccc23)C1. The van der Waals surface area contributed by atoms with Gasteiger partial charge >= 0.3 is 6.09 Å². The molecule has 1 aliphatic rings. The summed E-state index contributed by atoms with van der Waals surface area (Å²) >= 11 is 0. The lowest BCUT2D eigenvalue weighted by Crippen LogP contribution is -2.58. The minimum atomic E-state index is -2.62. The van der Waals surface area contributed by atoms with Crippen molar-refractivity contribution in [3.05, 3.63) is 41.6 Å². The van der Waals surface area contributed by atoms with E-state index in [9.17, 15) is 13.6 Å². The fraction of sp³-hybridized carbons (Fsp3) is 0.524. The average molecular weight is 391 g/mol. The van der Waals surface area contributed by atoms with Crippen LogP contribution in [-0.4, -0.2) is 29.8 Å². The normalized spacial score (nSPS) is 23.0. The van der Waals surface area contributed by atoms with E-state index >= 15 is 0 Å². The topological polar surface area (TPSA) is 63.2 Å². The molecule has 1 aliphatic heterocycles. The second-order valence-electron chi connectivity index (χ2n) is 8.55. The Morgan fingerprint density at radius 3 is 2.75 bits per heavy atom. The number of benzene rings is 1. The number of aromatic nitrogens is 1. The van der Waals surface area contributed by atoms with Crippen LogP contribution >= 0.6 is 0 Å². The maximum absolute atomic E-state index is 13.5. The number of rotatable bonds is 3. The first-order valence-corrected chi connectivity index (χ1v) is 9.49. The van der Waals surface area contributed by atoms with E-state index in [1.807, 2.05) is 0 Å². The van der Waals surface area contributed by atoms with Gasteiger partial charge in [-0.1, -0.05) is 25.1 Å². The number of hydrogen-bond acceptors (Lipinski definition) is 4. The highest BCUT2D eigenvalue weighted by Gasteiger charge is 2.40. The second-order valence-corrected chi connectivity index (χ2v) is 8.55. The minimum absolute atomic E-state index is 0.108. The molecule has 1 saturated heterocycles. The number of nitrogens with zero attached hydrogens (tertiary/aromatic N) is 1. The predicted molar refractivity (Wildman–Crippen MR) is 104 cm³/mol. The predicted octanol–water partition coefficient (Wildman–Crippen LogP) is 4.52. The van der Waals surface area contributed by atoms with Crippen molar-refractivity contribution in [1.29, 1.82) is 0 Å². The Hall–Kier alpha value is -2.28. The van der Waals surface area contributed by atoms with Crippen molar-refractivity contribution in [3.8, 4) is 0 Å². The molecule has 152 valence electrons. The van der Waals surface area contributed by atoms with Gasteiger partial charge in [0.1, 0.15) is 5.60 Å². The van der Waals surface area contributed by atoms with E-state index in [2.05, 4.69) is 22.5 Å². The van der Waals surface area contributed by atoms with Crippen LogP contribution in [0.4, 0.5) is 13.6 Å². The quantitative estimate of drug-likeness (QED) is 0.807. The van der Waals surface area contributed by atoms with Gasteiger partial charge in [-0.2, -0.15) is 0 Å². The summed E-state index contributed by atoms with van der Waals surface area (Å²) in [6.45, 7) is 8.80. The van der Waals surface area contributed by atoms with Crippen molar-refractivity contribution >= 4 is 17.0 Å². The number of fused-ring (bicyclic) bond motifs is 1. The Kier molecular flexibility index (Phi) is 5.57. The molecular weight excluding hydrogens is 364 g/mol. The molecule has 0 aliphatic carbocycles. The van der Waals surface area contributed by atoms with Crippen LogP contribution in [0.1, 0.15) is 51.7 Å². The Balaban J connectivity index is 2.11. The number of hydrogen-bond donors (Lipinski definition) is 2.